The molecule has 1 aliphatic carbocycles. The highest BCUT2D eigenvalue weighted by atomic mass is 16.5. The van der Waals surface area contributed by atoms with Gasteiger partial charge in [-0.3, -0.25) is 9.89 Å². The minimum atomic E-state index is -0.792. The fourth-order valence-corrected chi connectivity index (χ4v) is 2.52. The van der Waals surface area contributed by atoms with Crippen molar-refractivity contribution in [2.24, 2.45) is 0 Å². The van der Waals surface area contributed by atoms with Crippen molar-refractivity contribution in [1.29, 1.82) is 0 Å². The Balaban J connectivity index is 2.13. The van der Waals surface area contributed by atoms with Gasteiger partial charge in [-0.05, 0) is 33.6 Å². The Kier molecular flexibility index (Phi) is 4.22. The number of aromatic nitrogens is 3. The second kappa shape index (κ2) is 5.72. The minimum Gasteiger partial charge on any atom is -0.465 e. The molecule has 0 spiro atoms. The summed E-state index contributed by atoms with van der Waals surface area (Å²) in [5, 5.41) is 7.24. The lowest BCUT2D eigenvalue weighted by atomic mass is 9.88. The van der Waals surface area contributed by atoms with Crippen LogP contribution in [0, 0.1) is 0 Å². The Morgan fingerprint density at radius 1 is 1.37 bits per heavy atom. The van der Waals surface area contributed by atoms with E-state index in [1.165, 1.54) is 19.3 Å². The monoisotopic (exact) mass is 265 g/mol. The Morgan fingerprint density at radius 2 is 2.05 bits per heavy atom. The molecule has 0 atom stereocenters. The minimum absolute atomic E-state index is 0.274. The molecule has 2 rings (SSSR count). The Morgan fingerprint density at radius 3 is 2.68 bits per heavy atom. The molecule has 1 aromatic heterocycles. The van der Waals surface area contributed by atoms with Crippen LogP contribution < -0.4 is 0 Å². The molecule has 0 saturated heterocycles. The number of ether oxygens (including phenoxy) is 1. The van der Waals surface area contributed by atoms with Gasteiger partial charge in [-0.2, -0.15) is 5.10 Å². The second-order valence-corrected chi connectivity index (χ2v) is 5.72. The largest absolute Gasteiger partial charge is 0.465 e. The van der Waals surface area contributed by atoms with E-state index in [1.807, 2.05) is 0 Å². The molecule has 1 aromatic rings. The maximum atomic E-state index is 11.9. The van der Waals surface area contributed by atoms with Crippen LogP contribution >= 0.6 is 0 Å². The standard InChI is InChI=1S/C14H23N3O2/c1-4-19-13(18)14(2,3)12-15-11(16-17-12)10-8-6-5-7-9-10/h10H,4-9H2,1-3H3,(H,15,16,17). The summed E-state index contributed by atoms with van der Waals surface area (Å²) in [5.41, 5.74) is -0.792. The summed E-state index contributed by atoms with van der Waals surface area (Å²) >= 11 is 0. The molecule has 0 unspecified atom stereocenters. The van der Waals surface area contributed by atoms with Gasteiger partial charge in [0.05, 0.1) is 6.61 Å². The van der Waals surface area contributed by atoms with E-state index >= 15 is 0 Å². The molecule has 5 heteroatoms. The number of hydrogen-bond acceptors (Lipinski definition) is 4. The SMILES string of the molecule is CCOC(=O)C(C)(C)c1n[nH]c(C2CCCCC2)n1. The molecule has 106 valence electrons. The molecular formula is C14H23N3O2. The van der Waals surface area contributed by atoms with Crippen LogP contribution in [0.15, 0.2) is 0 Å². The predicted molar refractivity (Wildman–Crippen MR) is 71.9 cm³/mol. The van der Waals surface area contributed by atoms with Crippen molar-refractivity contribution in [3.8, 4) is 0 Å². The number of carbonyl (C=O) groups excluding carboxylic acids is 1. The summed E-state index contributed by atoms with van der Waals surface area (Å²) < 4.78 is 5.08. The number of hydrogen-bond donors (Lipinski definition) is 1. The van der Waals surface area contributed by atoms with Gasteiger partial charge in [0, 0.05) is 5.92 Å². The van der Waals surface area contributed by atoms with Crippen molar-refractivity contribution in [3.05, 3.63) is 11.6 Å². The first-order chi connectivity index (χ1) is 9.05. The highest BCUT2D eigenvalue weighted by molar-refractivity contribution is 5.80. The van der Waals surface area contributed by atoms with E-state index in [4.69, 9.17) is 4.74 Å². The van der Waals surface area contributed by atoms with Crippen LogP contribution in [0.4, 0.5) is 0 Å². The number of aromatic amines is 1. The van der Waals surface area contributed by atoms with Gasteiger partial charge < -0.3 is 4.74 Å². The number of H-pyrrole nitrogens is 1. The van der Waals surface area contributed by atoms with Crippen LogP contribution in [0.25, 0.3) is 0 Å². The molecule has 0 radical (unpaired) electrons. The lowest BCUT2D eigenvalue weighted by Crippen LogP contribution is -2.32. The fourth-order valence-electron chi connectivity index (χ4n) is 2.52. The molecule has 0 bridgehead atoms. The zero-order chi connectivity index (χ0) is 13.9. The quantitative estimate of drug-likeness (QED) is 0.850. The molecule has 1 fully saturated rings. The van der Waals surface area contributed by atoms with Crippen LogP contribution in [0.2, 0.25) is 0 Å². The smallest absolute Gasteiger partial charge is 0.319 e. The third-order valence-corrected chi connectivity index (χ3v) is 3.84. The molecule has 0 aliphatic heterocycles. The van der Waals surface area contributed by atoms with Gasteiger partial charge in [-0.1, -0.05) is 19.3 Å². The van der Waals surface area contributed by atoms with Gasteiger partial charge in [0.1, 0.15) is 11.2 Å². The lowest BCUT2D eigenvalue weighted by Gasteiger charge is -2.20. The molecular weight excluding hydrogens is 242 g/mol. The first-order valence-electron chi connectivity index (χ1n) is 7.15. The van der Waals surface area contributed by atoms with Crippen LogP contribution in [0.5, 0.6) is 0 Å². The molecule has 1 aliphatic rings. The zero-order valence-corrected chi connectivity index (χ0v) is 12.0. The van der Waals surface area contributed by atoms with E-state index in [0.29, 0.717) is 18.3 Å². The summed E-state index contributed by atoms with van der Waals surface area (Å²) in [6.45, 7) is 5.79. The van der Waals surface area contributed by atoms with E-state index in [-0.39, 0.29) is 5.97 Å². The Labute approximate surface area is 114 Å². The predicted octanol–water partition coefficient (Wildman–Crippen LogP) is 2.69. The van der Waals surface area contributed by atoms with E-state index < -0.39 is 5.41 Å². The van der Waals surface area contributed by atoms with Crippen molar-refractivity contribution in [3.63, 3.8) is 0 Å². The summed E-state index contributed by atoms with van der Waals surface area (Å²) in [7, 11) is 0. The summed E-state index contributed by atoms with van der Waals surface area (Å²) in [4.78, 5) is 16.5. The molecule has 1 N–H and O–H groups in total. The first-order valence-corrected chi connectivity index (χ1v) is 7.15. The number of nitrogens with zero attached hydrogens (tertiary/aromatic N) is 2. The Hall–Kier alpha value is -1.39. The molecule has 1 saturated carbocycles. The molecule has 0 aromatic carbocycles. The van der Waals surface area contributed by atoms with E-state index in [0.717, 1.165) is 18.7 Å². The zero-order valence-electron chi connectivity index (χ0n) is 12.0. The highest BCUT2D eigenvalue weighted by Gasteiger charge is 2.36. The number of rotatable bonds is 4. The summed E-state index contributed by atoms with van der Waals surface area (Å²) in [5.74, 6) is 1.65. The van der Waals surface area contributed by atoms with Crippen molar-refractivity contribution >= 4 is 5.97 Å². The first kappa shape index (κ1) is 14.0. The van der Waals surface area contributed by atoms with Gasteiger partial charge in [0.25, 0.3) is 0 Å². The molecule has 1 heterocycles. The van der Waals surface area contributed by atoms with Crippen molar-refractivity contribution in [2.75, 3.05) is 6.61 Å². The lowest BCUT2D eigenvalue weighted by molar-refractivity contribution is -0.149. The number of carbonyl (C=O) groups is 1. The van der Waals surface area contributed by atoms with Gasteiger partial charge >= 0.3 is 5.97 Å². The Bertz CT molecular complexity index is 434. The van der Waals surface area contributed by atoms with Gasteiger partial charge in [-0.25, -0.2) is 4.98 Å². The van der Waals surface area contributed by atoms with Crippen molar-refractivity contribution < 1.29 is 9.53 Å². The molecule has 5 nitrogen and oxygen atoms in total. The third kappa shape index (κ3) is 2.96. The number of nitrogens with one attached hydrogen (secondary N) is 1. The number of esters is 1. The van der Waals surface area contributed by atoms with Crippen LogP contribution in [0.3, 0.4) is 0 Å². The maximum absolute atomic E-state index is 11.9. The van der Waals surface area contributed by atoms with Crippen LogP contribution in [-0.4, -0.2) is 27.8 Å². The fraction of sp³-hybridized carbons (Fsp3) is 0.786. The normalized spacial score (nSPS) is 17.4. The molecule has 19 heavy (non-hydrogen) atoms. The van der Waals surface area contributed by atoms with Crippen LogP contribution in [0.1, 0.15) is 70.4 Å². The van der Waals surface area contributed by atoms with Crippen molar-refractivity contribution in [1.82, 2.24) is 15.2 Å². The van der Waals surface area contributed by atoms with Crippen LogP contribution in [-0.2, 0) is 14.9 Å². The summed E-state index contributed by atoms with van der Waals surface area (Å²) in [6, 6.07) is 0. The van der Waals surface area contributed by atoms with Crippen molar-refractivity contribution in [2.45, 2.75) is 64.2 Å². The van der Waals surface area contributed by atoms with Gasteiger partial charge in [0.2, 0.25) is 0 Å². The second-order valence-electron chi connectivity index (χ2n) is 5.72. The van der Waals surface area contributed by atoms with E-state index in [2.05, 4.69) is 15.2 Å². The highest BCUT2D eigenvalue weighted by Crippen LogP contribution is 2.31. The van der Waals surface area contributed by atoms with Gasteiger partial charge in [0.15, 0.2) is 5.82 Å². The van der Waals surface area contributed by atoms with Gasteiger partial charge in [-0.15, -0.1) is 0 Å². The average molecular weight is 265 g/mol. The molecule has 0 amide bonds. The van der Waals surface area contributed by atoms with E-state index in [1.54, 1.807) is 20.8 Å². The summed E-state index contributed by atoms with van der Waals surface area (Å²) in [6.07, 6.45) is 6.14. The topological polar surface area (TPSA) is 67.9 Å². The maximum Gasteiger partial charge on any atom is 0.319 e. The average Bonchev–Trinajstić information content (AvgIpc) is 2.90. The van der Waals surface area contributed by atoms with E-state index in [9.17, 15) is 4.79 Å². The third-order valence-electron chi connectivity index (χ3n) is 3.84.